The highest BCUT2D eigenvalue weighted by atomic mass is 16.5. The highest BCUT2D eigenvalue weighted by molar-refractivity contribution is 6.09. The van der Waals surface area contributed by atoms with Gasteiger partial charge in [0.1, 0.15) is 24.0 Å². The summed E-state index contributed by atoms with van der Waals surface area (Å²) >= 11 is 0. The molecule has 0 amide bonds. The molecule has 7 aromatic carbocycles. The fourth-order valence-electron chi connectivity index (χ4n) is 8.56. The Hall–Kier alpha value is -7.11. The Bertz CT molecular complexity index is 3180. The maximum Gasteiger partial charge on any atom is 0.137 e. The molecule has 5 heteroatoms. The number of benzene rings is 7. The molecule has 0 fully saturated rings. The van der Waals surface area contributed by atoms with Crippen LogP contribution in [0, 0.1) is 0 Å². The lowest BCUT2D eigenvalue weighted by atomic mass is 9.86. The average molecular weight is 798 g/mol. The van der Waals surface area contributed by atoms with E-state index in [-0.39, 0.29) is 23.7 Å². The Kier molecular flexibility index (Phi) is 8.46. The molecule has 1 aliphatic heterocycles. The Morgan fingerprint density at radius 3 is 1.89 bits per heavy atom. The molecule has 10 rings (SSSR count). The summed E-state index contributed by atoms with van der Waals surface area (Å²) in [6, 6.07) is 57.3. The maximum atomic E-state index is 9.36. The molecule has 0 unspecified atom stereocenters. The lowest BCUT2D eigenvalue weighted by Gasteiger charge is -2.27. The van der Waals surface area contributed by atoms with E-state index in [2.05, 4.69) is 157 Å². The molecule has 61 heavy (non-hydrogen) atoms. The number of hydrogen-bond acceptors (Lipinski definition) is 4. The van der Waals surface area contributed by atoms with Crippen molar-refractivity contribution in [2.24, 2.45) is 0 Å². The SMILES string of the molecule is [2H]c1nc(-n2c3ccccc3c3ccc(Oc4cccc(N5CN(c6c(-c7ccccc7)cccc6-c6ccccc6)c6ccc(C(C)(C)C)cc65)c4)cc32)c([2H])c(C(C)(C)C)c1[2H]. The van der Waals surface area contributed by atoms with Crippen molar-refractivity contribution >= 4 is 44.6 Å². The molecule has 5 nitrogen and oxygen atoms in total. The first-order chi connectivity index (χ1) is 30.8. The van der Waals surface area contributed by atoms with E-state index in [4.69, 9.17) is 7.48 Å². The zero-order chi connectivity index (χ0) is 44.5. The van der Waals surface area contributed by atoms with Gasteiger partial charge in [0.15, 0.2) is 0 Å². The molecule has 3 heterocycles. The summed E-state index contributed by atoms with van der Waals surface area (Å²) in [5.74, 6) is 1.64. The highest BCUT2D eigenvalue weighted by Crippen LogP contribution is 2.51. The molecule has 0 radical (unpaired) electrons. The summed E-state index contributed by atoms with van der Waals surface area (Å²) < 4.78 is 35.5. The molecule has 2 aromatic heterocycles. The number of rotatable bonds is 7. The second-order valence-electron chi connectivity index (χ2n) is 17.9. The fourth-order valence-corrected chi connectivity index (χ4v) is 8.56. The molecule has 300 valence electrons. The number of pyridine rings is 1. The number of aromatic nitrogens is 2. The number of nitrogens with zero attached hydrogens (tertiary/aromatic N) is 4. The summed E-state index contributed by atoms with van der Waals surface area (Å²) in [6.07, 6.45) is -0.150. The van der Waals surface area contributed by atoms with Crippen molar-refractivity contribution in [1.82, 2.24) is 9.55 Å². The first-order valence-electron chi connectivity index (χ1n) is 22.5. The standard InChI is InChI=1S/C56H50N4O/c1-55(2,3)40-27-30-50-52(33-40)58(37-59(50)54-45(38-17-9-7-10-18-38)24-16-25-46(54)39-19-11-8-12-20-39)42-21-15-22-43(35-42)61-44-28-29-48-47-23-13-14-26-49(47)60(51(48)36-44)53-34-41(31-32-57-53)56(4,5)6/h7-36H,37H2,1-6H3/i31D,32D,34D. The minimum Gasteiger partial charge on any atom is -0.457 e. The van der Waals surface area contributed by atoms with Crippen LogP contribution in [0.2, 0.25) is 0 Å². The van der Waals surface area contributed by atoms with Crippen molar-refractivity contribution in [3.63, 3.8) is 0 Å². The van der Waals surface area contributed by atoms with Crippen molar-refractivity contribution in [3.05, 3.63) is 193 Å². The van der Waals surface area contributed by atoms with Crippen molar-refractivity contribution in [2.75, 3.05) is 16.5 Å². The highest BCUT2D eigenvalue weighted by Gasteiger charge is 2.33. The van der Waals surface area contributed by atoms with Crippen molar-refractivity contribution in [1.29, 1.82) is 0 Å². The summed E-state index contributed by atoms with van der Waals surface area (Å²) in [5.41, 5.74) is 11.9. The zero-order valence-corrected chi connectivity index (χ0v) is 35.5. The molecule has 0 saturated carbocycles. The summed E-state index contributed by atoms with van der Waals surface area (Å²) in [5, 5.41) is 1.98. The van der Waals surface area contributed by atoms with Crippen LogP contribution >= 0.6 is 0 Å². The summed E-state index contributed by atoms with van der Waals surface area (Å²) in [4.78, 5) is 9.42. The largest absolute Gasteiger partial charge is 0.457 e. The molecular formula is C56H50N4O. The molecule has 0 saturated heterocycles. The Balaban J connectivity index is 1.08. The molecule has 0 spiro atoms. The second-order valence-corrected chi connectivity index (χ2v) is 17.9. The Morgan fingerprint density at radius 1 is 0.541 bits per heavy atom. The van der Waals surface area contributed by atoms with Gasteiger partial charge in [-0.25, -0.2) is 4.98 Å². The molecule has 9 aromatic rings. The van der Waals surface area contributed by atoms with Crippen molar-refractivity contribution in [2.45, 2.75) is 52.4 Å². The van der Waals surface area contributed by atoms with E-state index in [0.717, 1.165) is 66.8 Å². The number of para-hydroxylation sites is 2. The van der Waals surface area contributed by atoms with E-state index >= 15 is 0 Å². The number of fused-ring (bicyclic) bond motifs is 4. The van der Waals surface area contributed by atoms with Crippen LogP contribution in [0.1, 0.15) is 56.8 Å². The molecular weight excluding hydrogens is 745 g/mol. The van der Waals surface area contributed by atoms with E-state index in [1.54, 1.807) is 0 Å². The lowest BCUT2D eigenvalue weighted by molar-refractivity contribution is 0.483. The minimum absolute atomic E-state index is 0.0127. The van der Waals surface area contributed by atoms with Gasteiger partial charge in [-0.05, 0) is 87.6 Å². The van der Waals surface area contributed by atoms with E-state index < -0.39 is 5.41 Å². The third-order valence-corrected chi connectivity index (χ3v) is 11.7. The lowest BCUT2D eigenvalue weighted by Crippen LogP contribution is -2.25. The normalized spacial score (nSPS) is 13.6. The first-order valence-corrected chi connectivity index (χ1v) is 21.0. The van der Waals surface area contributed by atoms with Gasteiger partial charge in [-0.2, -0.15) is 0 Å². The van der Waals surface area contributed by atoms with Crippen LogP contribution in [0.5, 0.6) is 11.5 Å². The van der Waals surface area contributed by atoms with Gasteiger partial charge in [0.2, 0.25) is 0 Å². The van der Waals surface area contributed by atoms with Crippen LogP contribution in [-0.2, 0) is 10.8 Å². The van der Waals surface area contributed by atoms with Crippen LogP contribution in [-0.4, -0.2) is 16.2 Å². The van der Waals surface area contributed by atoms with E-state index in [1.807, 2.05) is 67.8 Å². The van der Waals surface area contributed by atoms with Crippen molar-refractivity contribution < 1.29 is 8.85 Å². The third-order valence-electron chi connectivity index (χ3n) is 11.7. The van der Waals surface area contributed by atoms with Gasteiger partial charge in [0, 0.05) is 45.9 Å². The molecule has 0 bridgehead atoms. The van der Waals surface area contributed by atoms with Gasteiger partial charge in [0.25, 0.3) is 0 Å². The predicted molar refractivity (Wildman–Crippen MR) is 255 cm³/mol. The molecule has 0 aliphatic carbocycles. The third kappa shape index (κ3) is 7.00. The van der Waals surface area contributed by atoms with Crippen LogP contribution in [0.25, 0.3) is 49.9 Å². The smallest absolute Gasteiger partial charge is 0.137 e. The van der Waals surface area contributed by atoms with Gasteiger partial charge in [0.05, 0.1) is 32.2 Å². The summed E-state index contributed by atoms with van der Waals surface area (Å²) in [6.45, 7) is 13.3. The fraction of sp³-hybridized carbons (Fsp3) is 0.161. The van der Waals surface area contributed by atoms with Gasteiger partial charge in [-0.15, -0.1) is 0 Å². The van der Waals surface area contributed by atoms with E-state index in [9.17, 15) is 1.37 Å². The van der Waals surface area contributed by atoms with E-state index in [1.165, 1.54) is 5.56 Å². The van der Waals surface area contributed by atoms with Crippen molar-refractivity contribution in [3.8, 4) is 39.6 Å². The summed E-state index contributed by atoms with van der Waals surface area (Å²) in [7, 11) is 0. The monoisotopic (exact) mass is 797 g/mol. The van der Waals surface area contributed by atoms with Crippen LogP contribution in [0.15, 0.2) is 182 Å². The zero-order valence-electron chi connectivity index (χ0n) is 38.5. The van der Waals surface area contributed by atoms with Gasteiger partial charge in [-0.1, -0.05) is 151 Å². The minimum atomic E-state index is -0.531. The second kappa shape index (κ2) is 14.9. The molecule has 0 atom stereocenters. The topological polar surface area (TPSA) is 33.5 Å². The number of anilines is 4. The van der Waals surface area contributed by atoms with Gasteiger partial charge in [-0.3, -0.25) is 4.57 Å². The molecule has 1 aliphatic rings. The van der Waals surface area contributed by atoms with Crippen LogP contribution < -0.4 is 14.5 Å². The van der Waals surface area contributed by atoms with Gasteiger partial charge >= 0.3 is 0 Å². The average Bonchev–Trinajstić information content (AvgIpc) is 3.83. The number of hydrogen-bond donors (Lipinski definition) is 0. The van der Waals surface area contributed by atoms with Crippen LogP contribution in [0.3, 0.4) is 0 Å². The van der Waals surface area contributed by atoms with E-state index in [0.29, 0.717) is 29.5 Å². The first kappa shape index (κ1) is 34.7. The predicted octanol–water partition coefficient (Wildman–Crippen LogP) is 15.1. The number of ether oxygens (including phenoxy) is 1. The Morgan fingerprint density at radius 2 is 1.18 bits per heavy atom. The van der Waals surface area contributed by atoms with Crippen LogP contribution in [0.4, 0.5) is 22.7 Å². The maximum absolute atomic E-state index is 9.36. The Labute approximate surface area is 363 Å². The molecule has 0 N–H and O–H groups in total. The quantitative estimate of drug-likeness (QED) is 0.161. The van der Waals surface area contributed by atoms with Gasteiger partial charge < -0.3 is 14.5 Å².